The van der Waals surface area contributed by atoms with E-state index in [1.807, 2.05) is 30.9 Å². The molecule has 2 atom stereocenters. The Balaban J connectivity index is 1.68. The van der Waals surface area contributed by atoms with Crippen LogP contribution in [0, 0.1) is 23.1 Å². The number of nitrogens with zero attached hydrogens (tertiary/aromatic N) is 4. The van der Waals surface area contributed by atoms with Gasteiger partial charge in [0.15, 0.2) is 0 Å². The predicted octanol–water partition coefficient (Wildman–Crippen LogP) is 2.34. The van der Waals surface area contributed by atoms with E-state index in [1.54, 1.807) is 11.0 Å². The first-order valence-corrected chi connectivity index (χ1v) is 11.9. The van der Waals surface area contributed by atoms with Crippen LogP contribution in [0.15, 0.2) is 18.2 Å². The molecule has 164 valence electrons. The van der Waals surface area contributed by atoms with Gasteiger partial charge in [-0.05, 0) is 30.9 Å². The van der Waals surface area contributed by atoms with Crippen molar-refractivity contribution in [2.75, 3.05) is 37.6 Å². The molecule has 1 amide bonds. The number of hydrogen-bond acceptors (Lipinski definition) is 5. The molecule has 0 aromatic heterocycles. The Hall–Kier alpha value is -2.18. The van der Waals surface area contributed by atoms with Gasteiger partial charge in [0.25, 0.3) is 0 Å². The molecule has 1 aromatic carbocycles. The molecule has 7 nitrogen and oxygen atoms in total. The number of amides is 1. The molecule has 2 aliphatic rings. The highest BCUT2D eigenvalue weighted by Crippen LogP contribution is 2.30. The van der Waals surface area contributed by atoms with Gasteiger partial charge in [0, 0.05) is 50.5 Å². The normalized spacial score (nSPS) is 24.5. The van der Waals surface area contributed by atoms with E-state index >= 15 is 0 Å². The average molecular weight is 437 g/mol. The molecule has 1 aromatic rings. The molecule has 0 saturated carbocycles. The van der Waals surface area contributed by atoms with Crippen molar-refractivity contribution in [1.29, 1.82) is 5.26 Å². The third kappa shape index (κ3) is 4.76. The number of carbonyl (C=O) groups is 1. The number of halogens is 1. The fraction of sp³-hybridized carbons (Fsp3) is 0.619. The zero-order valence-corrected chi connectivity index (χ0v) is 18.4. The summed E-state index contributed by atoms with van der Waals surface area (Å²) in [6.07, 6.45) is 1.09. The van der Waals surface area contributed by atoms with E-state index in [2.05, 4.69) is 0 Å². The lowest BCUT2D eigenvalue weighted by Gasteiger charge is -2.36. The minimum absolute atomic E-state index is 0.0473. The molecule has 0 N–H and O–H groups in total. The summed E-state index contributed by atoms with van der Waals surface area (Å²) in [4.78, 5) is 15.5. The number of hydrogen-bond donors (Lipinski definition) is 0. The van der Waals surface area contributed by atoms with Crippen LogP contribution >= 0.6 is 0 Å². The van der Waals surface area contributed by atoms with Crippen molar-refractivity contribution in [1.82, 2.24) is 9.21 Å². The van der Waals surface area contributed by atoms with Crippen LogP contribution < -0.4 is 4.90 Å². The van der Waals surface area contributed by atoms with Gasteiger partial charge in [0.2, 0.25) is 15.9 Å². The quantitative estimate of drug-likeness (QED) is 0.707. The van der Waals surface area contributed by atoms with Gasteiger partial charge in [-0.1, -0.05) is 19.9 Å². The number of piperazine rings is 1. The SMILES string of the molecule is CCC1C[C@@H](C)CN(Cc2ccc(N3CCN(C(=O)CC#N)CC3)cc2F)S1(=O)=O. The maximum Gasteiger partial charge on any atom is 0.236 e. The summed E-state index contributed by atoms with van der Waals surface area (Å²) in [5.74, 6) is -0.348. The maximum atomic E-state index is 14.8. The van der Waals surface area contributed by atoms with Crippen molar-refractivity contribution < 1.29 is 17.6 Å². The van der Waals surface area contributed by atoms with Crippen molar-refractivity contribution in [3.63, 3.8) is 0 Å². The van der Waals surface area contributed by atoms with Crippen molar-refractivity contribution in [2.45, 2.75) is 44.9 Å². The number of carbonyl (C=O) groups excluding carboxylic acids is 1. The van der Waals surface area contributed by atoms with Crippen molar-refractivity contribution >= 4 is 21.6 Å². The monoisotopic (exact) mass is 436 g/mol. The summed E-state index contributed by atoms with van der Waals surface area (Å²) in [6.45, 7) is 6.48. The number of benzene rings is 1. The Morgan fingerprint density at radius 1 is 1.27 bits per heavy atom. The largest absolute Gasteiger partial charge is 0.368 e. The van der Waals surface area contributed by atoms with Crippen LogP contribution in [0.3, 0.4) is 0 Å². The molecule has 0 bridgehead atoms. The number of sulfonamides is 1. The third-order valence-electron chi connectivity index (χ3n) is 6.03. The average Bonchev–Trinajstić information content (AvgIpc) is 2.72. The molecule has 2 aliphatic heterocycles. The first-order chi connectivity index (χ1) is 14.3. The zero-order chi connectivity index (χ0) is 21.9. The van der Waals surface area contributed by atoms with Crippen LogP contribution in [0.4, 0.5) is 10.1 Å². The number of nitriles is 1. The van der Waals surface area contributed by atoms with E-state index in [-0.39, 0.29) is 24.8 Å². The molecule has 2 saturated heterocycles. The standard InChI is InChI=1S/C21H29FN4O3S/c1-3-19-12-16(2)14-26(30(19,28)29)15-17-4-5-18(13-20(17)22)24-8-10-25(11-9-24)21(27)6-7-23/h4-5,13,16,19H,3,6,8-12,14-15H2,1-2H3/t16-,19?/m1/s1. The predicted molar refractivity (Wildman–Crippen MR) is 113 cm³/mol. The summed E-state index contributed by atoms with van der Waals surface area (Å²) < 4.78 is 41.9. The molecule has 0 aliphatic carbocycles. The van der Waals surface area contributed by atoms with Gasteiger partial charge in [-0.3, -0.25) is 4.79 Å². The fourth-order valence-corrected chi connectivity index (χ4v) is 6.48. The van der Waals surface area contributed by atoms with Crippen LogP contribution in [-0.4, -0.2) is 61.5 Å². The first-order valence-electron chi connectivity index (χ1n) is 10.4. The van der Waals surface area contributed by atoms with E-state index < -0.39 is 21.1 Å². The van der Waals surface area contributed by atoms with Crippen LogP contribution in [0.1, 0.15) is 38.7 Å². The molecule has 1 unspecified atom stereocenters. The molecule has 0 spiro atoms. The van der Waals surface area contributed by atoms with Gasteiger partial charge in [-0.15, -0.1) is 0 Å². The Morgan fingerprint density at radius 2 is 1.97 bits per heavy atom. The maximum absolute atomic E-state index is 14.8. The Bertz CT molecular complexity index is 923. The Kier molecular flexibility index (Phi) is 6.98. The van der Waals surface area contributed by atoms with E-state index in [0.29, 0.717) is 56.8 Å². The summed E-state index contributed by atoms with van der Waals surface area (Å²) in [5.41, 5.74) is 1.08. The molecular formula is C21H29FN4O3S. The highest BCUT2D eigenvalue weighted by Gasteiger charge is 2.37. The van der Waals surface area contributed by atoms with Crippen LogP contribution in [-0.2, 0) is 21.4 Å². The lowest BCUT2D eigenvalue weighted by Crippen LogP contribution is -2.48. The van der Waals surface area contributed by atoms with Crippen molar-refractivity contribution in [2.24, 2.45) is 5.92 Å². The van der Waals surface area contributed by atoms with Gasteiger partial charge in [0.1, 0.15) is 12.2 Å². The van der Waals surface area contributed by atoms with Crippen molar-refractivity contribution in [3.8, 4) is 6.07 Å². The lowest BCUT2D eigenvalue weighted by molar-refractivity contribution is -0.130. The fourth-order valence-electron chi connectivity index (χ4n) is 4.28. The zero-order valence-electron chi connectivity index (χ0n) is 17.6. The molecule has 9 heteroatoms. The second-order valence-electron chi connectivity index (χ2n) is 8.19. The van der Waals surface area contributed by atoms with Gasteiger partial charge in [-0.25, -0.2) is 12.8 Å². The molecular weight excluding hydrogens is 407 g/mol. The highest BCUT2D eigenvalue weighted by atomic mass is 32.2. The van der Waals surface area contributed by atoms with Crippen LogP contribution in [0.25, 0.3) is 0 Å². The van der Waals surface area contributed by atoms with Crippen molar-refractivity contribution in [3.05, 3.63) is 29.6 Å². The molecule has 2 fully saturated rings. The summed E-state index contributed by atoms with van der Waals surface area (Å²) >= 11 is 0. The second kappa shape index (κ2) is 9.31. The van der Waals surface area contributed by atoms with E-state index in [1.165, 1.54) is 10.4 Å². The van der Waals surface area contributed by atoms with E-state index in [9.17, 15) is 17.6 Å². The van der Waals surface area contributed by atoms with Gasteiger partial charge in [-0.2, -0.15) is 9.57 Å². The van der Waals surface area contributed by atoms with Gasteiger partial charge in [0.05, 0.1) is 11.3 Å². The molecule has 3 rings (SSSR count). The first kappa shape index (κ1) is 22.5. The Morgan fingerprint density at radius 3 is 2.57 bits per heavy atom. The minimum Gasteiger partial charge on any atom is -0.368 e. The van der Waals surface area contributed by atoms with Crippen LogP contribution in [0.5, 0.6) is 0 Å². The third-order valence-corrected chi connectivity index (χ3v) is 8.39. The topological polar surface area (TPSA) is 84.7 Å². The molecule has 0 radical (unpaired) electrons. The molecule has 30 heavy (non-hydrogen) atoms. The van der Waals surface area contributed by atoms with Gasteiger partial charge < -0.3 is 9.80 Å². The highest BCUT2D eigenvalue weighted by molar-refractivity contribution is 7.89. The lowest BCUT2D eigenvalue weighted by atomic mass is 10.0. The van der Waals surface area contributed by atoms with Crippen LogP contribution in [0.2, 0.25) is 0 Å². The minimum atomic E-state index is -3.42. The van der Waals surface area contributed by atoms with Gasteiger partial charge >= 0.3 is 0 Å². The molecule has 2 heterocycles. The summed E-state index contributed by atoms with van der Waals surface area (Å²) in [5, 5.41) is 8.26. The van der Waals surface area contributed by atoms with E-state index in [0.717, 1.165) is 0 Å². The summed E-state index contributed by atoms with van der Waals surface area (Å²) in [7, 11) is -3.42. The smallest absolute Gasteiger partial charge is 0.236 e. The Labute approximate surface area is 178 Å². The second-order valence-corrected chi connectivity index (χ2v) is 10.4. The number of anilines is 1. The van der Waals surface area contributed by atoms with E-state index in [4.69, 9.17) is 5.26 Å². The summed E-state index contributed by atoms with van der Waals surface area (Å²) in [6, 6.07) is 6.78. The number of rotatable bonds is 5.